The summed E-state index contributed by atoms with van der Waals surface area (Å²) < 4.78 is 6.04. The van der Waals surface area contributed by atoms with E-state index in [1.54, 1.807) is 12.1 Å². The first kappa shape index (κ1) is 14.0. The summed E-state index contributed by atoms with van der Waals surface area (Å²) in [5, 5.41) is 6.68. The number of hydrogen-bond donors (Lipinski definition) is 1. The molecular weight excluding hydrogens is 355 g/mol. The van der Waals surface area contributed by atoms with Crippen LogP contribution < -0.4 is 5.32 Å². The molecule has 2 rings (SSSR count). The molecule has 0 saturated heterocycles. The van der Waals surface area contributed by atoms with E-state index in [1.807, 2.05) is 39.0 Å². The molecule has 0 bridgehead atoms. The van der Waals surface area contributed by atoms with Gasteiger partial charge >= 0.3 is 0 Å². The zero-order chi connectivity index (χ0) is 14.0. The summed E-state index contributed by atoms with van der Waals surface area (Å²) in [6, 6.07) is 9.14. The Bertz CT molecular complexity index is 599. The van der Waals surface area contributed by atoms with Gasteiger partial charge in [-0.2, -0.15) is 0 Å². The number of halogens is 1. The van der Waals surface area contributed by atoms with Crippen molar-refractivity contribution in [2.24, 2.45) is 0 Å². The van der Waals surface area contributed by atoms with Crippen LogP contribution in [0.4, 0.5) is 5.88 Å². The molecule has 0 aliphatic carbocycles. The molecule has 0 fully saturated rings. The van der Waals surface area contributed by atoms with E-state index >= 15 is 0 Å². The van der Waals surface area contributed by atoms with Crippen molar-refractivity contribution < 1.29 is 9.32 Å². The minimum Gasteiger partial charge on any atom is -0.338 e. The minimum atomic E-state index is -0.193. The molecule has 0 radical (unpaired) electrons. The van der Waals surface area contributed by atoms with Crippen LogP contribution in [0.25, 0.3) is 0 Å². The van der Waals surface area contributed by atoms with E-state index in [0.717, 1.165) is 9.26 Å². The third-order valence-corrected chi connectivity index (χ3v) is 3.57. The van der Waals surface area contributed by atoms with Crippen molar-refractivity contribution in [3.63, 3.8) is 0 Å². The number of nitrogens with zero attached hydrogens (tertiary/aromatic N) is 1. The molecule has 0 unspecified atom stereocenters. The quantitative estimate of drug-likeness (QED) is 0.818. The Labute approximate surface area is 125 Å². The number of hydrogen-bond acceptors (Lipinski definition) is 3. The smallest absolute Gasteiger partial charge is 0.259 e. The number of rotatable bonds is 2. The lowest BCUT2D eigenvalue weighted by Gasteiger charge is -2.12. The molecular formula is C14H15IN2O2. The van der Waals surface area contributed by atoms with Crippen molar-refractivity contribution in [2.75, 3.05) is 5.32 Å². The molecule has 1 aromatic carbocycles. The molecule has 19 heavy (non-hydrogen) atoms. The van der Waals surface area contributed by atoms with E-state index in [2.05, 4.69) is 33.1 Å². The largest absolute Gasteiger partial charge is 0.338 e. The highest BCUT2D eigenvalue weighted by atomic mass is 127. The third kappa shape index (κ3) is 3.34. The molecule has 1 N–H and O–H groups in total. The van der Waals surface area contributed by atoms with E-state index in [4.69, 9.17) is 4.52 Å². The maximum atomic E-state index is 12.1. The number of aromatic nitrogens is 1. The number of anilines is 1. The summed E-state index contributed by atoms with van der Waals surface area (Å²) in [5.41, 5.74) is 1.33. The van der Waals surface area contributed by atoms with Crippen molar-refractivity contribution in [3.8, 4) is 0 Å². The van der Waals surface area contributed by atoms with Crippen molar-refractivity contribution in [1.29, 1.82) is 0 Å². The first-order chi connectivity index (χ1) is 8.88. The first-order valence-corrected chi connectivity index (χ1v) is 6.99. The van der Waals surface area contributed by atoms with Gasteiger partial charge in [0.1, 0.15) is 0 Å². The zero-order valence-electron chi connectivity index (χ0n) is 11.0. The summed E-state index contributed by atoms with van der Waals surface area (Å²) in [6.07, 6.45) is 0. The molecule has 0 saturated carbocycles. The number of carbonyl (C=O) groups excluding carboxylic acids is 1. The third-order valence-electron chi connectivity index (χ3n) is 2.63. The molecule has 2 aromatic rings. The molecule has 0 atom stereocenters. The van der Waals surface area contributed by atoms with E-state index in [0.29, 0.717) is 11.4 Å². The van der Waals surface area contributed by atoms with Crippen molar-refractivity contribution in [2.45, 2.75) is 26.2 Å². The molecule has 1 amide bonds. The molecule has 0 aliphatic rings. The summed E-state index contributed by atoms with van der Waals surface area (Å²) in [5.74, 6) is 0.177. The summed E-state index contributed by atoms with van der Waals surface area (Å²) in [4.78, 5) is 12.1. The fourth-order valence-corrected chi connectivity index (χ4v) is 2.14. The molecule has 4 nitrogen and oxygen atoms in total. The molecule has 1 aromatic heterocycles. The Morgan fingerprint density at radius 1 is 1.32 bits per heavy atom. The maximum Gasteiger partial charge on any atom is 0.259 e. The van der Waals surface area contributed by atoms with Gasteiger partial charge in [0.15, 0.2) is 0 Å². The second kappa shape index (κ2) is 5.32. The van der Waals surface area contributed by atoms with Crippen LogP contribution in [-0.2, 0) is 5.41 Å². The van der Waals surface area contributed by atoms with Crippen LogP contribution in [0.5, 0.6) is 0 Å². The second-order valence-corrected chi connectivity index (χ2v) is 6.42. The van der Waals surface area contributed by atoms with Gasteiger partial charge < -0.3 is 4.52 Å². The standard InChI is InChI=1S/C14H15IN2O2/c1-14(2,3)11-8-12(19-17-11)16-13(18)9-6-4-5-7-10(9)15/h4-8H,1-3H3,(H,16,18). The van der Waals surface area contributed by atoms with Gasteiger partial charge in [-0.25, -0.2) is 0 Å². The first-order valence-electron chi connectivity index (χ1n) is 5.91. The van der Waals surface area contributed by atoms with Gasteiger partial charge in [0.05, 0.1) is 11.3 Å². The normalized spacial score (nSPS) is 11.4. The van der Waals surface area contributed by atoms with Crippen LogP contribution in [0.2, 0.25) is 0 Å². The lowest BCUT2D eigenvalue weighted by Crippen LogP contribution is -2.13. The Morgan fingerprint density at radius 3 is 2.58 bits per heavy atom. The number of nitrogens with one attached hydrogen (secondary N) is 1. The number of amides is 1. The monoisotopic (exact) mass is 370 g/mol. The van der Waals surface area contributed by atoms with Crippen LogP contribution >= 0.6 is 22.6 Å². The van der Waals surface area contributed by atoms with Crippen LogP contribution in [0, 0.1) is 3.57 Å². The summed E-state index contributed by atoms with van der Waals surface area (Å²) in [6.45, 7) is 6.11. The number of carbonyl (C=O) groups is 1. The second-order valence-electron chi connectivity index (χ2n) is 5.26. The van der Waals surface area contributed by atoms with Crippen LogP contribution in [0.15, 0.2) is 34.9 Å². The Kier molecular flexibility index (Phi) is 3.93. The van der Waals surface area contributed by atoms with Gasteiger partial charge in [-0.05, 0) is 34.7 Å². The predicted molar refractivity (Wildman–Crippen MR) is 82.3 cm³/mol. The van der Waals surface area contributed by atoms with E-state index in [9.17, 15) is 4.79 Å². The highest BCUT2D eigenvalue weighted by Gasteiger charge is 2.20. The predicted octanol–water partition coefficient (Wildman–Crippen LogP) is 3.83. The van der Waals surface area contributed by atoms with Crippen molar-refractivity contribution in [1.82, 2.24) is 5.16 Å². The lowest BCUT2D eigenvalue weighted by atomic mass is 9.92. The molecule has 5 heteroatoms. The fraction of sp³-hybridized carbons (Fsp3) is 0.286. The molecule has 0 spiro atoms. The van der Waals surface area contributed by atoms with E-state index < -0.39 is 0 Å². The highest BCUT2D eigenvalue weighted by molar-refractivity contribution is 14.1. The molecule has 1 heterocycles. The Balaban J connectivity index is 2.16. The van der Waals surface area contributed by atoms with Gasteiger partial charge in [-0.15, -0.1) is 0 Å². The van der Waals surface area contributed by atoms with Gasteiger partial charge in [0.25, 0.3) is 5.91 Å². The fourth-order valence-electron chi connectivity index (χ4n) is 1.51. The van der Waals surface area contributed by atoms with Crippen LogP contribution in [0.1, 0.15) is 36.8 Å². The summed E-state index contributed by atoms with van der Waals surface area (Å²) >= 11 is 2.13. The average Bonchev–Trinajstić information content (AvgIpc) is 2.77. The lowest BCUT2D eigenvalue weighted by molar-refractivity contribution is 0.102. The van der Waals surface area contributed by atoms with Gasteiger partial charge in [0, 0.05) is 15.1 Å². The van der Waals surface area contributed by atoms with Crippen molar-refractivity contribution >= 4 is 34.4 Å². The summed E-state index contributed by atoms with van der Waals surface area (Å²) in [7, 11) is 0. The average molecular weight is 370 g/mol. The Hall–Kier alpha value is -1.37. The highest BCUT2D eigenvalue weighted by Crippen LogP contribution is 2.24. The zero-order valence-corrected chi connectivity index (χ0v) is 13.2. The maximum absolute atomic E-state index is 12.1. The Morgan fingerprint density at radius 2 is 2.00 bits per heavy atom. The topological polar surface area (TPSA) is 55.1 Å². The van der Waals surface area contributed by atoms with Gasteiger partial charge in [0.2, 0.25) is 5.88 Å². The SMILES string of the molecule is CC(C)(C)c1cc(NC(=O)c2ccccc2I)on1. The molecule has 100 valence electrons. The number of benzene rings is 1. The van der Waals surface area contributed by atoms with Gasteiger partial charge in [-0.3, -0.25) is 10.1 Å². The van der Waals surface area contributed by atoms with E-state index in [1.165, 1.54) is 0 Å². The minimum absolute atomic E-state index is 0.104. The van der Waals surface area contributed by atoms with Crippen LogP contribution in [0.3, 0.4) is 0 Å². The molecule has 0 aliphatic heterocycles. The van der Waals surface area contributed by atoms with Crippen molar-refractivity contribution in [3.05, 3.63) is 45.2 Å². The van der Waals surface area contributed by atoms with E-state index in [-0.39, 0.29) is 11.3 Å². The van der Waals surface area contributed by atoms with Gasteiger partial charge in [-0.1, -0.05) is 38.1 Å². The van der Waals surface area contributed by atoms with Crippen LogP contribution in [-0.4, -0.2) is 11.1 Å².